The molecule has 2 aromatic rings. The van der Waals surface area contributed by atoms with Gasteiger partial charge < -0.3 is 0 Å². The number of hydrogen-bond acceptors (Lipinski definition) is 1. The highest BCUT2D eigenvalue weighted by Crippen LogP contribution is 2.38. The summed E-state index contributed by atoms with van der Waals surface area (Å²) in [5.41, 5.74) is 6.23. The third-order valence-electron chi connectivity index (χ3n) is 4.12. The molecule has 1 aliphatic carbocycles. The largest absolute Gasteiger partial charge is 0.122 e. The van der Waals surface area contributed by atoms with Crippen LogP contribution in [-0.2, 0) is 6.42 Å². The molecular weight excluding hydrogens is 272 g/mol. The van der Waals surface area contributed by atoms with Crippen molar-refractivity contribution in [1.82, 2.24) is 0 Å². The second kappa shape index (κ2) is 6.53. The van der Waals surface area contributed by atoms with E-state index in [0.717, 1.165) is 5.75 Å². The number of allylic oxidation sites excluding steroid dienone is 1. The topological polar surface area (TPSA) is 0 Å². The van der Waals surface area contributed by atoms with Crippen molar-refractivity contribution < 1.29 is 0 Å². The first-order chi connectivity index (χ1) is 10.3. The molecule has 0 aromatic heterocycles. The zero-order valence-electron chi connectivity index (χ0n) is 12.8. The zero-order valence-corrected chi connectivity index (χ0v) is 13.6. The molecule has 0 amide bonds. The van der Waals surface area contributed by atoms with Gasteiger partial charge in [-0.25, -0.2) is 0 Å². The van der Waals surface area contributed by atoms with Gasteiger partial charge in [-0.15, -0.1) is 11.8 Å². The summed E-state index contributed by atoms with van der Waals surface area (Å²) in [6.45, 7) is 4.65. The lowest BCUT2D eigenvalue weighted by Crippen LogP contribution is -2.10. The first-order valence-corrected chi connectivity index (χ1v) is 8.72. The number of thioether (sulfide) groups is 1. The Morgan fingerprint density at radius 2 is 1.62 bits per heavy atom. The third-order valence-corrected chi connectivity index (χ3v) is 5.22. The van der Waals surface area contributed by atoms with E-state index < -0.39 is 0 Å². The molecule has 0 saturated carbocycles. The van der Waals surface area contributed by atoms with Crippen LogP contribution in [0.4, 0.5) is 0 Å². The highest BCUT2D eigenvalue weighted by atomic mass is 32.2. The molecule has 0 radical (unpaired) electrons. The maximum absolute atomic E-state index is 2.32. The first kappa shape index (κ1) is 14.5. The van der Waals surface area contributed by atoms with Crippen molar-refractivity contribution in [2.45, 2.75) is 31.6 Å². The zero-order chi connectivity index (χ0) is 14.7. The van der Waals surface area contributed by atoms with Crippen molar-refractivity contribution in [3.63, 3.8) is 0 Å². The Labute approximate surface area is 132 Å². The van der Waals surface area contributed by atoms with Crippen molar-refractivity contribution >= 4 is 17.3 Å². The van der Waals surface area contributed by atoms with E-state index >= 15 is 0 Å². The molecule has 0 unspecified atom stereocenters. The maximum atomic E-state index is 2.32. The molecular formula is C20H22S. The molecule has 3 rings (SSSR count). The Morgan fingerprint density at radius 1 is 0.905 bits per heavy atom. The van der Waals surface area contributed by atoms with Crippen LogP contribution < -0.4 is 0 Å². The molecule has 0 saturated heterocycles. The lowest BCUT2D eigenvalue weighted by Gasteiger charge is -2.26. The molecule has 108 valence electrons. The van der Waals surface area contributed by atoms with E-state index in [0.29, 0.717) is 5.92 Å². The van der Waals surface area contributed by atoms with Crippen molar-refractivity contribution in [3.8, 4) is 0 Å². The van der Waals surface area contributed by atoms with Crippen molar-refractivity contribution in [2.75, 3.05) is 5.75 Å². The number of hydrogen-bond donors (Lipinski definition) is 0. The molecule has 1 heteroatoms. The van der Waals surface area contributed by atoms with Gasteiger partial charge in [0.15, 0.2) is 0 Å². The van der Waals surface area contributed by atoms with Gasteiger partial charge in [0.25, 0.3) is 0 Å². The fourth-order valence-corrected chi connectivity index (χ4v) is 4.16. The smallest absolute Gasteiger partial charge is 0.0197 e. The first-order valence-electron chi connectivity index (χ1n) is 7.73. The molecule has 21 heavy (non-hydrogen) atoms. The van der Waals surface area contributed by atoms with E-state index in [2.05, 4.69) is 68.4 Å². The second-order valence-corrected chi connectivity index (χ2v) is 6.98. The van der Waals surface area contributed by atoms with Gasteiger partial charge in [-0.1, -0.05) is 61.9 Å². The van der Waals surface area contributed by atoms with E-state index in [1.165, 1.54) is 28.9 Å². The van der Waals surface area contributed by atoms with Crippen LogP contribution in [-0.4, -0.2) is 5.75 Å². The minimum Gasteiger partial charge on any atom is -0.122 e. The highest BCUT2D eigenvalue weighted by Gasteiger charge is 2.20. The average molecular weight is 294 g/mol. The highest BCUT2D eigenvalue weighted by molar-refractivity contribution is 7.99. The van der Waals surface area contributed by atoms with Crippen LogP contribution in [0, 0.1) is 5.92 Å². The molecule has 0 spiro atoms. The Balaban J connectivity index is 1.88. The summed E-state index contributed by atoms with van der Waals surface area (Å²) < 4.78 is 0. The Bertz CT molecular complexity index is 638. The minimum absolute atomic E-state index is 0.595. The van der Waals surface area contributed by atoms with Crippen LogP contribution in [0.15, 0.2) is 65.1 Å². The lowest BCUT2D eigenvalue weighted by atomic mass is 9.81. The Kier molecular flexibility index (Phi) is 4.50. The summed E-state index contributed by atoms with van der Waals surface area (Å²) in [7, 11) is 0. The fraction of sp³-hybridized carbons (Fsp3) is 0.300. The number of rotatable bonds is 4. The summed E-state index contributed by atoms with van der Waals surface area (Å²) in [4.78, 5) is 1.37. The second-order valence-electron chi connectivity index (χ2n) is 5.93. The number of fused-ring (bicyclic) bond motifs is 1. The van der Waals surface area contributed by atoms with Gasteiger partial charge in [-0.05, 0) is 47.6 Å². The Hall–Kier alpha value is -1.47. The molecule has 0 atom stereocenters. The van der Waals surface area contributed by atoms with Gasteiger partial charge in [0.1, 0.15) is 0 Å². The molecule has 0 aliphatic heterocycles. The summed E-state index contributed by atoms with van der Waals surface area (Å²) in [6, 6.07) is 19.7. The molecule has 0 nitrogen and oxygen atoms in total. The maximum Gasteiger partial charge on any atom is 0.0197 e. The number of aryl methyl sites for hydroxylation is 1. The molecule has 0 fully saturated rings. The predicted molar refractivity (Wildman–Crippen MR) is 93.7 cm³/mol. The monoisotopic (exact) mass is 294 g/mol. The summed E-state index contributed by atoms with van der Waals surface area (Å²) in [6.07, 6.45) is 2.40. The van der Waals surface area contributed by atoms with Gasteiger partial charge in [-0.2, -0.15) is 0 Å². The van der Waals surface area contributed by atoms with Crippen molar-refractivity contribution in [2.24, 2.45) is 5.92 Å². The van der Waals surface area contributed by atoms with Crippen LogP contribution in [0.1, 0.15) is 31.4 Å². The van der Waals surface area contributed by atoms with Crippen LogP contribution in [0.25, 0.3) is 5.57 Å². The van der Waals surface area contributed by atoms with E-state index in [-0.39, 0.29) is 0 Å². The molecule has 0 N–H and O–H groups in total. The van der Waals surface area contributed by atoms with Crippen molar-refractivity contribution in [3.05, 3.63) is 71.3 Å². The molecule has 0 bridgehead atoms. The SMILES string of the molecule is CC(C)C1=C(CSc2ccccc2)CCc2ccccc21. The van der Waals surface area contributed by atoms with Crippen molar-refractivity contribution in [1.29, 1.82) is 0 Å². The van der Waals surface area contributed by atoms with E-state index in [4.69, 9.17) is 0 Å². The van der Waals surface area contributed by atoms with Gasteiger partial charge in [0.2, 0.25) is 0 Å². The Morgan fingerprint density at radius 3 is 2.38 bits per heavy atom. The lowest BCUT2D eigenvalue weighted by molar-refractivity contribution is 0.808. The van der Waals surface area contributed by atoms with E-state index in [1.807, 2.05) is 11.8 Å². The van der Waals surface area contributed by atoms with Crippen LogP contribution in [0.3, 0.4) is 0 Å². The average Bonchev–Trinajstić information content (AvgIpc) is 2.53. The van der Waals surface area contributed by atoms with Gasteiger partial charge in [0, 0.05) is 10.6 Å². The van der Waals surface area contributed by atoms with Crippen LogP contribution in [0.5, 0.6) is 0 Å². The van der Waals surface area contributed by atoms with E-state index in [9.17, 15) is 0 Å². The van der Waals surface area contributed by atoms with Crippen LogP contribution in [0.2, 0.25) is 0 Å². The summed E-state index contributed by atoms with van der Waals surface area (Å²) in [5, 5.41) is 0. The van der Waals surface area contributed by atoms with Crippen LogP contribution >= 0.6 is 11.8 Å². The standard InChI is InChI=1S/C20H22S/c1-15(2)20-17(14-21-18-9-4-3-5-10-18)13-12-16-8-6-7-11-19(16)20/h3-11,15H,12-14H2,1-2H3. The summed E-state index contributed by atoms with van der Waals surface area (Å²) in [5.74, 6) is 1.71. The predicted octanol–water partition coefficient (Wildman–Crippen LogP) is 5.83. The quantitative estimate of drug-likeness (QED) is 0.639. The van der Waals surface area contributed by atoms with Gasteiger partial charge in [0.05, 0.1) is 0 Å². The molecule has 1 aliphatic rings. The number of benzene rings is 2. The third kappa shape index (κ3) is 3.24. The van der Waals surface area contributed by atoms with E-state index in [1.54, 1.807) is 11.1 Å². The molecule has 2 aromatic carbocycles. The fourth-order valence-electron chi connectivity index (χ4n) is 3.17. The normalized spacial score (nSPS) is 14.4. The molecule has 0 heterocycles. The minimum atomic E-state index is 0.595. The summed E-state index contributed by atoms with van der Waals surface area (Å²) >= 11 is 1.96. The van der Waals surface area contributed by atoms with Gasteiger partial charge in [-0.3, -0.25) is 0 Å². The van der Waals surface area contributed by atoms with Gasteiger partial charge >= 0.3 is 0 Å².